The number of ketones is 1. The first-order valence-corrected chi connectivity index (χ1v) is 13.3. The first-order chi connectivity index (χ1) is 17.7. The molecule has 0 bridgehead atoms. The summed E-state index contributed by atoms with van der Waals surface area (Å²) in [7, 11) is 1.52. The molecule has 9 heteroatoms. The van der Waals surface area contributed by atoms with E-state index in [0.717, 1.165) is 18.4 Å². The molecular formula is C29H37F3N2O4. The molecule has 0 aromatic heterocycles. The standard InChI is InChI=1S/C29H37F3N2O4/c1-17-7-6-8-21(18(17)2)34-22-15-27(3,4)16-23(35)25(22)28(26(34)37,29(30,31)32)33-24(36)14-11-19-9-12-20(38-5)13-10-19/h9-10,12-13,17-18,21H,6-8,11,14-16H2,1-5H3,(H,33,36)/t17-,18-,21+,28-/m1/s1. The van der Waals surface area contributed by atoms with Crippen LogP contribution in [0.3, 0.4) is 0 Å². The number of amides is 2. The third-order valence-corrected chi connectivity index (χ3v) is 8.61. The first kappa shape index (κ1) is 28.2. The lowest BCUT2D eigenvalue weighted by Gasteiger charge is -2.43. The summed E-state index contributed by atoms with van der Waals surface area (Å²) < 4.78 is 50.3. The average Bonchev–Trinajstić information content (AvgIpc) is 3.07. The van der Waals surface area contributed by atoms with Gasteiger partial charge in [0.05, 0.1) is 12.7 Å². The van der Waals surface area contributed by atoms with Gasteiger partial charge in [-0.3, -0.25) is 14.4 Å². The Balaban J connectivity index is 1.72. The minimum atomic E-state index is -5.18. The number of hydrogen-bond donors (Lipinski definition) is 1. The Morgan fingerprint density at radius 1 is 1.11 bits per heavy atom. The van der Waals surface area contributed by atoms with Crippen LogP contribution in [0.4, 0.5) is 13.2 Å². The number of Topliss-reactive ketones (excluding diaryl/α,β-unsaturated/α-hetero) is 1. The highest BCUT2D eigenvalue weighted by atomic mass is 19.4. The van der Waals surface area contributed by atoms with E-state index in [1.165, 1.54) is 12.0 Å². The molecule has 6 nitrogen and oxygen atoms in total. The van der Waals surface area contributed by atoms with Crippen molar-refractivity contribution >= 4 is 17.6 Å². The average molecular weight is 535 g/mol. The number of allylic oxidation sites excluding steroid dienone is 1. The largest absolute Gasteiger partial charge is 0.497 e. The van der Waals surface area contributed by atoms with Gasteiger partial charge in [-0.1, -0.05) is 52.7 Å². The summed E-state index contributed by atoms with van der Waals surface area (Å²) in [5.41, 5.74) is -3.68. The number of halogens is 3. The Morgan fingerprint density at radius 2 is 1.76 bits per heavy atom. The minimum Gasteiger partial charge on any atom is -0.497 e. The van der Waals surface area contributed by atoms with Crippen LogP contribution in [0.25, 0.3) is 0 Å². The lowest BCUT2D eigenvalue weighted by Crippen LogP contribution is -2.67. The summed E-state index contributed by atoms with van der Waals surface area (Å²) in [5.74, 6) is -2.10. The van der Waals surface area contributed by atoms with E-state index in [9.17, 15) is 14.4 Å². The van der Waals surface area contributed by atoms with Crippen LogP contribution in [-0.2, 0) is 20.8 Å². The van der Waals surface area contributed by atoms with Crippen molar-refractivity contribution in [1.29, 1.82) is 0 Å². The van der Waals surface area contributed by atoms with Gasteiger partial charge < -0.3 is 15.0 Å². The zero-order chi connectivity index (χ0) is 28.0. The van der Waals surface area contributed by atoms with Crippen molar-refractivity contribution in [2.24, 2.45) is 17.3 Å². The summed E-state index contributed by atoms with van der Waals surface area (Å²) in [4.78, 5) is 41.7. The third kappa shape index (κ3) is 4.84. The molecule has 2 aliphatic carbocycles. The van der Waals surface area contributed by atoms with Crippen molar-refractivity contribution in [3.05, 3.63) is 41.1 Å². The number of nitrogens with zero attached hydrogens (tertiary/aromatic N) is 1. The van der Waals surface area contributed by atoms with E-state index >= 15 is 13.2 Å². The van der Waals surface area contributed by atoms with Gasteiger partial charge in [0, 0.05) is 24.6 Å². The SMILES string of the molecule is COc1ccc(CCC(=O)N[C@@]2(C(F)(F)F)C(=O)N([C@H]3CCC[C@@H](C)[C@H]3C)C3=C2C(=O)CC(C)(C)C3)cc1. The molecule has 4 atom stereocenters. The number of aryl methyl sites for hydroxylation is 1. The van der Waals surface area contributed by atoms with Crippen molar-refractivity contribution in [3.8, 4) is 5.75 Å². The number of carbonyl (C=O) groups excluding carboxylic acids is 3. The van der Waals surface area contributed by atoms with Gasteiger partial charge in [-0.25, -0.2) is 0 Å². The zero-order valence-corrected chi connectivity index (χ0v) is 22.7. The highest BCUT2D eigenvalue weighted by Crippen LogP contribution is 2.53. The summed E-state index contributed by atoms with van der Waals surface area (Å²) in [6.07, 6.45) is -2.96. The van der Waals surface area contributed by atoms with Crippen LogP contribution >= 0.6 is 0 Å². The molecule has 1 aromatic rings. The number of hydrogen-bond acceptors (Lipinski definition) is 4. The molecule has 38 heavy (non-hydrogen) atoms. The molecule has 1 N–H and O–H groups in total. The van der Waals surface area contributed by atoms with Crippen molar-refractivity contribution in [2.75, 3.05) is 7.11 Å². The lowest BCUT2D eigenvalue weighted by atomic mass is 9.72. The maximum Gasteiger partial charge on any atom is 0.425 e. The summed E-state index contributed by atoms with van der Waals surface area (Å²) >= 11 is 0. The van der Waals surface area contributed by atoms with E-state index < -0.39 is 46.3 Å². The summed E-state index contributed by atoms with van der Waals surface area (Å²) in [6.45, 7) is 7.65. The molecule has 208 valence electrons. The van der Waals surface area contributed by atoms with E-state index in [2.05, 4.69) is 5.32 Å². The monoisotopic (exact) mass is 534 g/mol. The third-order valence-electron chi connectivity index (χ3n) is 8.61. The first-order valence-electron chi connectivity index (χ1n) is 13.3. The summed E-state index contributed by atoms with van der Waals surface area (Å²) in [5, 5.41) is 2.07. The molecule has 3 aliphatic rings. The molecule has 4 rings (SSSR count). The zero-order valence-electron chi connectivity index (χ0n) is 22.7. The fraction of sp³-hybridized carbons (Fsp3) is 0.621. The molecule has 1 fully saturated rings. The molecule has 2 amide bonds. The van der Waals surface area contributed by atoms with Gasteiger partial charge in [0.2, 0.25) is 11.4 Å². The molecule has 1 saturated carbocycles. The van der Waals surface area contributed by atoms with Crippen molar-refractivity contribution < 1.29 is 32.3 Å². The highest BCUT2D eigenvalue weighted by Gasteiger charge is 2.72. The van der Waals surface area contributed by atoms with E-state index in [-0.39, 0.29) is 43.2 Å². The fourth-order valence-corrected chi connectivity index (χ4v) is 6.37. The fourth-order valence-electron chi connectivity index (χ4n) is 6.37. The van der Waals surface area contributed by atoms with Crippen LogP contribution in [-0.4, -0.2) is 47.4 Å². The maximum absolute atomic E-state index is 15.1. The molecule has 1 heterocycles. The van der Waals surface area contributed by atoms with E-state index in [1.54, 1.807) is 24.3 Å². The summed E-state index contributed by atoms with van der Waals surface area (Å²) in [6, 6.07) is 6.40. The molecule has 0 unspecified atom stereocenters. The number of carbonyl (C=O) groups is 3. The Bertz CT molecular complexity index is 1140. The number of benzene rings is 1. The van der Waals surface area contributed by atoms with Crippen LogP contribution < -0.4 is 10.1 Å². The number of rotatable bonds is 6. The Morgan fingerprint density at radius 3 is 2.37 bits per heavy atom. The van der Waals surface area contributed by atoms with Crippen LogP contribution in [0.2, 0.25) is 0 Å². The molecule has 0 radical (unpaired) electrons. The second-order valence-corrected chi connectivity index (χ2v) is 11.9. The van der Waals surface area contributed by atoms with Crippen LogP contribution in [0.5, 0.6) is 5.75 Å². The van der Waals surface area contributed by atoms with Gasteiger partial charge in [0.1, 0.15) is 5.75 Å². The molecule has 0 saturated heterocycles. The minimum absolute atomic E-state index is 0.0450. The number of ether oxygens (including phenoxy) is 1. The maximum atomic E-state index is 15.1. The van der Waals surface area contributed by atoms with E-state index in [1.807, 2.05) is 27.7 Å². The van der Waals surface area contributed by atoms with Gasteiger partial charge in [0.15, 0.2) is 5.78 Å². The lowest BCUT2D eigenvalue weighted by molar-refractivity contribution is -0.195. The van der Waals surface area contributed by atoms with Gasteiger partial charge in [-0.15, -0.1) is 0 Å². The number of nitrogens with one attached hydrogen (secondary N) is 1. The van der Waals surface area contributed by atoms with Gasteiger partial charge in [-0.2, -0.15) is 13.2 Å². The quantitative estimate of drug-likeness (QED) is 0.534. The van der Waals surface area contributed by atoms with Crippen LogP contribution in [0.15, 0.2) is 35.5 Å². The smallest absolute Gasteiger partial charge is 0.425 e. The second-order valence-electron chi connectivity index (χ2n) is 11.9. The molecule has 1 aromatic carbocycles. The van der Waals surface area contributed by atoms with Crippen molar-refractivity contribution in [2.45, 2.75) is 90.4 Å². The molecule has 0 spiro atoms. The van der Waals surface area contributed by atoms with Crippen LogP contribution in [0, 0.1) is 17.3 Å². The normalized spacial score (nSPS) is 29.4. The Labute approximate surface area is 222 Å². The molecular weight excluding hydrogens is 497 g/mol. The Hall–Kier alpha value is -2.84. The Kier molecular flexibility index (Phi) is 7.45. The van der Waals surface area contributed by atoms with Gasteiger partial charge in [0.25, 0.3) is 5.91 Å². The number of alkyl halides is 3. The van der Waals surface area contributed by atoms with Crippen LogP contribution in [0.1, 0.15) is 71.8 Å². The van der Waals surface area contributed by atoms with Gasteiger partial charge in [-0.05, 0) is 54.2 Å². The predicted molar refractivity (Wildman–Crippen MR) is 136 cm³/mol. The van der Waals surface area contributed by atoms with E-state index in [0.29, 0.717) is 12.2 Å². The van der Waals surface area contributed by atoms with Crippen molar-refractivity contribution in [1.82, 2.24) is 10.2 Å². The molecule has 1 aliphatic heterocycles. The van der Waals surface area contributed by atoms with Gasteiger partial charge >= 0.3 is 6.18 Å². The topological polar surface area (TPSA) is 75.7 Å². The highest BCUT2D eigenvalue weighted by molar-refractivity contribution is 6.13. The van der Waals surface area contributed by atoms with E-state index in [4.69, 9.17) is 4.74 Å². The predicted octanol–water partition coefficient (Wildman–Crippen LogP) is 5.36. The second kappa shape index (κ2) is 10.0. The number of methoxy groups -OCH3 is 1. The van der Waals surface area contributed by atoms with Crippen molar-refractivity contribution in [3.63, 3.8) is 0 Å².